The summed E-state index contributed by atoms with van der Waals surface area (Å²) < 4.78 is 46.4. The average Bonchev–Trinajstić information content (AvgIpc) is 3.62. The quantitative estimate of drug-likeness (QED) is 0.168. The Morgan fingerprint density at radius 1 is 1.06 bits per heavy atom. The molecule has 0 amide bonds. The lowest BCUT2D eigenvalue weighted by Gasteiger charge is -2.32. The van der Waals surface area contributed by atoms with Crippen LogP contribution in [0.1, 0.15) is 61.1 Å². The molecule has 2 fully saturated rings. The summed E-state index contributed by atoms with van der Waals surface area (Å²) in [5.41, 5.74) is 0.829. The molecule has 1 aromatic carbocycles. The van der Waals surface area contributed by atoms with E-state index in [0.29, 0.717) is 34.3 Å². The first kappa shape index (κ1) is 33.6. The minimum Gasteiger partial charge on any atom is -0.393 e. The first-order valence-corrected chi connectivity index (χ1v) is 17.2. The number of nitriles is 1. The molecule has 4 aromatic rings. The number of piperidine rings is 1. The van der Waals surface area contributed by atoms with Crippen molar-refractivity contribution in [1.82, 2.24) is 19.4 Å². The van der Waals surface area contributed by atoms with E-state index < -0.39 is 24.8 Å². The maximum Gasteiger partial charge on any atom is 0.393 e. The smallest absolute Gasteiger partial charge is 0.393 e. The molecule has 3 N–H and O–H groups in total. The first-order chi connectivity index (χ1) is 22.6. The van der Waals surface area contributed by atoms with E-state index in [1.54, 1.807) is 10.6 Å². The van der Waals surface area contributed by atoms with E-state index in [9.17, 15) is 28.6 Å². The number of nitrogens with zero attached hydrogens (tertiary/aromatic N) is 5. The van der Waals surface area contributed by atoms with Crippen molar-refractivity contribution in [2.24, 2.45) is 5.92 Å². The molecular formula is C34H41F3N6O3S. The molecule has 9 nitrogen and oxygen atoms in total. The summed E-state index contributed by atoms with van der Waals surface area (Å²) in [6, 6.07) is 11.8. The molecule has 0 radical (unpaired) electrons. The van der Waals surface area contributed by atoms with Gasteiger partial charge in [-0.05, 0) is 61.4 Å². The fourth-order valence-corrected chi connectivity index (χ4v) is 7.91. The standard InChI is InChI=1S/C34H41F3N6O3S/c35-34(36,37)15-28-14-29-31(39-22-40-32(29)47-28)41-26-8-10-42(11-9-26)17-24-6-7-30-25(12-24)13-27(16-38)43(30)19-33(45,20-44)21-46-18-23-4-2-1-3-5-23/h6-7,12-14,22-23,26,44-45H,1-5,8-11,15,17-21H2,(H,39,40,41). The highest BCUT2D eigenvalue weighted by atomic mass is 32.1. The van der Waals surface area contributed by atoms with Gasteiger partial charge < -0.3 is 24.8 Å². The van der Waals surface area contributed by atoms with Gasteiger partial charge in [0.05, 0.1) is 31.6 Å². The van der Waals surface area contributed by atoms with Crippen LogP contribution in [0, 0.1) is 17.2 Å². The number of rotatable bonds is 12. The maximum atomic E-state index is 12.9. The molecule has 1 saturated heterocycles. The normalized spacial score (nSPS) is 18.5. The topological polar surface area (TPSA) is 119 Å². The van der Waals surface area contributed by atoms with E-state index in [1.807, 2.05) is 18.2 Å². The lowest BCUT2D eigenvalue weighted by atomic mass is 9.90. The second kappa shape index (κ2) is 14.5. The third kappa shape index (κ3) is 8.42. The average molecular weight is 671 g/mol. The minimum absolute atomic E-state index is 0.00188. The summed E-state index contributed by atoms with van der Waals surface area (Å²) in [6.45, 7) is 2.55. The largest absolute Gasteiger partial charge is 0.393 e. The third-order valence-electron chi connectivity index (χ3n) is 9.37. The van der Waals surface area contributed by atoms with Crippen LogP contribution in [-0.2, 0) is 24.2 Å². The van der Waals surface area contributed by atoms with E-state index in [0.717, 1.165) is 73.1 Å². The molecule has 0 spiro atoms. The van der Waals surface area contributed by atoms with E-state index in [1.165, 1.54) is 25.6 Å². The fourth-order valence-electron chi connectivity index (χ4n) is 6.88. The second-order valence-electron chi connectivity index (χ2n) is 13.2. The zero-order valence-corrected chi connectivity index (χ0v) is 27.1. The van der Waals surface area contributed by atoms with E-state index in [4.69, 9.17) is 4.74 Å². The van der Waals surface area contributed by atoms with Crippen molar-refractivity contribution in [2.75, 3.05) is 38.2 Å². The number of hydrogen-bond donors (Lipinski definition) is 3. The van der Waals surface area contributed by atoms with Crippen LogP contribution in [0.3, 0.4) is 0 Å². The van der Waals surface area contributed by atoms with Gasteiger partial charge in [-0.3, -0.25) is 4.90 Å². The summed E-state index contributed by atoms with van der Waals surface area (Å²) in [6.07, 6.45) is 3.80. The predicted molar refractivity (Wildman–Crippen MR) is 175 cm³/mol. The highest BCUT2D eigenvalue weighted by Gasteiger charge is 2.31. The van der Waals surface area contributed by atoms with Crippen LogP contribution in [0.25, 0.3) is 21.1 Å². The van der Waals surface area contributed by atoms with Crippen LogP contribution in [0.15, 0.2) is 36.7 Å². The monoisotopic (exact) mass is 670 g/mol. The number of benzene rings is 1. The Bertz CT molecular complexity index is 1700. The molecule has 3 aromatic heterocycles. The van der Waals surface area contributed by atoms with Crippen molar-refractivity contribution in [3.05, 3.63) is 52.8 Å². The molecule has 252 valence electrons. The van der Waals surface area contributed by atoms with Crippen LogP contribution in [0.2, 0.25) is 0 Å². The number of aliphatic hydroxyl groups excluding tert-OH is 1. The number of halogens is 3. The van der Waals surface area contributed by atoms with Gasteiger partial charge in [0.1, 0.15) is 34.3 Å². The van der Waals surface area contributed by atoms with Gasteiger partial charge in [-0.15, -0.1) is 11.3 Å². The van der Waals surface area contributed by atoms with Crippen molar-refractivity contribution in [1.29, 1.82) is 5.26 Å². The van der Waals surface area contributed by atoms with Crippen LogP contribution in [0.5, 0.6) is 0 Å². The van der Waals surface area contributed by atoms with E-state index >= 15 is 0 Å². The van der Waals surface area contributed by atoms with Gasteiger partial charge in [0.2, 0.25) is 0 Å². The molecule has 13 heteroatoms. The Kier molecular flexibility index (Phi) is 10.3. The molecule has 1 unspecified atom stereocenters. The molecule has 1 aliphatic carbocycles. The van der Waals surface area contributed by atoms with Crippen molar-refractivity contribution >= 4 is 38.3 Å². The molecule has 47 heavy (non-hydrogen) atoms. The number of nitrogens with one attached hydrogen (secondary N) is 1. The summed E-state index contributed by atoms with van der Waals surface area (Å²) >= 11 is 1.05. The van der Waals surface area contributed by atoms with Gasteiger partial charge in [0, 0.05) is 48.1 Å². The van der Waals surface area contributed by atoms with Crippen LogP contribution in [0.4, 0.5) is 19.0 Å². The van der Waals surface area contributed by atoms with Crippen molar-refractivity contribution in [3.8, 4) is 6.07 Å². The van der Waals surface area contributed by atoms with Crippen molar-refractivity contribution in [3.63, 3.8) is 0 Å². The van der Waals surface area contributed by atoms with Gasteiger partial charge in [-0.25, -0.2) is 9.97 Å². The number of alkyl halides is 3. The third-order valence-corrected chi connectivity index (χ3v) is 10.4. The Morgan fingerprint density at radius 3 is 2.57 bits per heavy atom. The van der Waals surface area contributed by atoms with Gasteiger partial charge in [-0.1, -0.05) is 25.3 Å². The highest BCUT2D eigenvalue weighted by Crippen LogP contribution is 2.33. The van der Waals surface area contributed by atoms with Gasteiger partial charge in [0.15, 0.2) is 0 Å². The predicted octanol–water partition coefficient (Wildman–Crippen LogP) is 6.02. The molecule has 1 saturated carbocycles. The van der Waals surface area contributed by atoms with E-state index in [-0.39, 0.29) is 24.1 Å². The number of thiophene rings is 1. The number of fused-ring (bicyclic) bond motifs is 2. The number of likely N-dealkylation sites (tertiary alicyclic amines) is 1. The Balaban J connectivity index is 1.05. The zero-order valence-electron chi connectivity index (χ0n) is 26.3. The van der Waals surface area contributed by atoms with Crippen LogP contribution < -0.4 is 5.32 Å². The Labute approximate surface area is 276 Å². The number of aromatic nitrogens is 3. The lowest BCUT2D eigenvalue weighted by Crippen LogP contribution is -2.43. The van der Waals surface area contributed by atoms with E-state index in [2.05, 4.69) is 32.3 Å². The number of aliphatic hydroxyl groups is 2. The molecular weight excluding hydrogens is 629 g/mol. The highest BCUT2D eigenvalue weighted by molar-refractivity contribution is 7.18. The first-order valence-electron chi connectivity index (χ1n) is 16.3. The van der Waals surface area contributed by atoms with Crippen molar-refractivity contribution < 1.29 is 28.1 Å². The molecule has 1 atom stereocenters. The van der Waals surface area contributed by atoms with Gasteiger partial charge >= 0.3 is 6.18 Å². The minimum atomic E-state index is -4.27. The number of ether oxygens (including phenoxy) is 1. The Hall–Kier alpha value is -3.28. The van der Waals surface area contributed by atoms with Gasteiger partial charge in [-0.2, -0.15) is 18.4 Å². The number of hydrogen-bond acceptors (Lipinski definition) is 9. The summed E-state index contributed by atoms with van der Waals surface area (Å²) in [4.78, 5) is 11.6. The maximum absolute atomic E-state index is 12.9. The summed E-state index contributed by atoms with van der Waals surface area (Å²) in [5.74, 6) is 1.07. The van der Waals surface area contributed by atoms with Crippen molar-refractivity contribution in [2.45, 2.75) is 82.3 Å². The Morgan fingerprint density at radius 2 is 1.85 bits per heavy atom. The molecule has 6 rings (SSSR count). The fraction of sp³-hybridized carbons (Fsp3) is 0.559. The second-order valence-corrected chi connectivity index (χ2v) is 14.3. The SMILES string of the molecule is N#Cc1cc2cc(CN3CCC(Nc4ncnc5sc(CC(F)(F)F)cc45)CC3)ccc2n1CC(O)(CO)COCC1CCCCC1. The molecule has 1 aliphatic heterocycles. The molecule has 0 bridgehead atoms. The van der Waals surface area contributed by atoms with Crippen LogP contribution >= 0.6 is 11.3 Å². The van der Waals surface area contributed by atoms with Crippen LogP contribution in [-0.4, -0.2) is 80.4 Å². The van der Waals surface area contributed by atoms with Gasteiger partial charge in [0.25, 0.3) is 0 Å². The number of anilines is 1. The zero-order chi connectivity index (χ0) is 33.0. The summed E-state index contributed by atoms with van der Waals surface area (Å²) in [7, 11) is 0. The lowest BCUT2D eigenvalue weighted by molar-refractivity contribution is -0.126. The molecule has 2 aliphatic rings. The molecule has 4 heterocycles. The summed E-state index contributed by atoms with van der Waals surface area (Å²) in [5, 5.41) is 36.2.